The quantitative estimate of drug-likeness (QED) is 0.364. The van der Waals surface area contributed by atoms with Crippen molar-refractivity contribution in [1.82, 2.24) is 4.98 Å². The molecule has 0 amide bonds. The first-order valence-corrected chi connectivity index (χ1v) is 15.2. The number of carbonyl (C=O) groups is 2. The zero-order valence-corrected chi connectivity index (χ0v) is 25.7. The third-order valence-corrected chi connectivity index (χ3v) is 10.9. The highest BCUT2D eigenvalue weighted by molar-refractivity contribution is 5.89. The number of pyridine rings is 1. The summed E-state index contributed by atoms with van der Waals surface area (Å²) in [6, 6.07) is 13.9. The van der Waals surface area contributed by atoms with Gasteiger partial charge in [0, 0.05) is 42.3 Å². The number of carbonyl (C=O) groups excluding carboxylic acids is 2. The molecule has 2 aromatic heterocycles. The minimum absolute atomic E-state index is 0.0513. The maximum atomic E-state index is 13.5. The Bertz CT molecular complexity index is 1620. The lowest BCUT2D eigenvalue weighted by atomic mass is 9.41. The van der Waals surface area contributed by atoms with E-state index >= 15 is 0 Å². The molecule has 0 saturated heterocycles. The smallest absolute Gasteiger partial charge is 0.345 e. The van der Waals surface area contributed by atoms with Gasteiger partial charge in [-0.1, -0.05) is 39.0 Å². The molecular weight excluding hydrogens is 562 g/mol. The van der Waals surface area contributed by atoms with Gasteiger partial charge < -0.3 is 23.7 Å². The van der Waals surface area contributed by atoms with E-state index in [0.717, 1.165) is 12.8 Å². The predicted molar refractivity (Wildman–Crippen MR) is 161 cm³/mol. The summed E-state index contributed by atoms with van der Waals surface area (Å²) >= 11 is 0. The van der Waals surface area contributed by atoms with Gasteiger partial charge >= 0.3 is 17.6 Å². The number of aliphatic hydroxyl groups is 1. The molecule has 6 rings (SSSR count). The molecule has 8 atom stereocenters. The maximum Gasteiger partial charge on any atom is 0.345 e. The van der Waals surface area contributed by atoms with Gasteiger partial charge in [-0.3, -0.25) is 9.78 Å². The minimum Gasteiger partial charge on any atom is -0.482 e. The number of rotatable bonds is 5. The summed E-state index contributed by atoms with van der Waals surface area (Å²) < 4.78 is 24.5. The van der Waals surface area contributed by atoms with E-state index in [4.69, 9.17) is 18.6 Å². The third-order valence-electron chi connectivity index (χ3n) is 10.9. The van der Waals surface area contributed by atoms with Crippen LogP contribution in [0.15, 0.2) is 70.1 Å². The summed E-state index contributed by atoms with van der Waals surface area (Å²) in [5, 5.41) is 12.2. The van der Waals surface area contributed by atoms with Crippen LogP contribution in [0, 0.1) is 28.6 Å². The highest BCUT2D eigenvalue weighted by atomic mass is 16.6. The molecule has 1 N–H and O–H groups in total. The van der Waals surface area contributed by atoms with Crippen molar-refractivity contribution in [3.63, 3.8) is 0 Å². The van der Waals surface area contributed by atoms with Gasteiger partial charge in [0.25, 0.3) is 0 Å². The molecule has 2 aliphatic carbocycles. The Labute approximate surface area is 256 Å². The Morgan fingerprint density at radius 2 is 1.86 bits per heavy atom. The van der Waals surface area contributed by atoms with Crippen molar-refractivity contribution in [3.05, 3.63) is 82.5 Å². The number of hydrogen-bond donors (Lipinski definition) is 1. The number of aliphatic hydroxyl groups excluding tert-OH is 1. The topological polar surface area (TPSA) is 125 Å². The largest absolute Gasteiger partial charge is 0.482 e. The number of fused-ring (bicyclic) bond motifs is 4. The second-order valence-corrected chi connectivity index (χ2v) is 13.4. The maximum absolute atomic E-state index is 13.5. The van der Waals surface area contributed by atoms with Crippen LogP contribution >= 0.6 is 0 Å². The average molecular weight is 602 g/mol. The summed E-state index contributed by atoms with van der Waals surface area (Å²) in [4.78, 5) is 43.2. The molecule has 0 radical (unpaired) electrons. The van der Waals surface area contributed by atoms with E-state index in [9.17, 15) is 19.5 Å². The molecule has 3 unspecified atom stereocenters. The highest BCUT2D eigenvalue weighted by Crippen LogP contribution is 2.68. The van der Waals surface area contributed by atoms with Crippen LogP contribution in [0.5, 0.6) is 5.75 Å². The van der Waals surface area contributed by atoms with Crippen molar-refractivity contribution in [2.24, 2.45) is 28.6 Å². The summed E-state index contributed by atoms with van der Waals surface area (Å²) in [6.45, 7) is 9.84. The Morgan fingerprint density at radius 3 is 2.55 bits per heavy atom. The van der Waals surface area contributed by atoms with Gasteiger partial charge in [-0.2, -0.15) is 0 Å². The van der Waals surface area contributed by atoms with E-state index in [1.807, 2.05) is 13.0 Å². The van der Waals surface area contributed by atoms with Crippen molar-refractivity contribution >= 4 is 11.9 Å². The van der Waals surface area contributed by atoms with Crippen molar-refractivity contribution < 1.29 is 33.3 Å². The van der Waals surface area contributed by atoms with E-state index < -0.39 is 46.2 Å². The molecule has 2 saturated carbocycles. The Morgan fingerprint density at radius 1 is 1.11 bits per heavy atom. The minimum atomic E-state index is -1.26. The molecule has 3 aromatic rings. The monoisotopic (exact) mass is 601 g/mol. The molecule has 2 fully saturated rings. The van der Waals surface area contributed by atoms with Crippen molar-refractivity contribution in [3.8, 4) is 17.1 Å². The Kier molecular flexibility index (Phi) is 7.43. The normalized spacial score (nSPS) is 34.0. The molecular formula is C35H39NO8. The van der Waals surface area contributed by atoms with Gasteiger partial charge in [-0.25, -0.2) is 9.59 Å². The van der Waals surface area contributed by atoms with Gasteiger partial charge in [0.15, 0.2) is 0 Å². The van der Waals surface area contributed by atoms with E-state index in [0.29, 0.717) is 17.5 Å². The summed E-state index contributed by atoms with van der Waals surface area (Å²) in [5.74, 6) is -1.03. The molecule has 232 valence electrons. The van der Waals surface area contributed by atoms with Crippen molar-refractivity contribution in [2.45, 2.75) is 71.7 Å². The van der Waals surface area contributed by atoms with Crippen LogP contribution in [0.1, 0.15) is 75.9 Å². The fraction of sp³-hybridized carbons (Fsp3) is 0.486. The number of benzene rings is 1. The Hall–Kier alpha value is -3.98. The molecule has 0 spiro atoms. The van der Waals surface area contributed by atoms with Crippen molar-refractivity contribution in [2.75, 3.05) is 6.61 Å². The molecule has 1 aromatic carbocycles. The highest BCUT2D eigenvalue weighted by Gasteiger charge is 2.70. The fourth-order valence-corrected chi connectivity index (χ4v) is 8.47. The second kappa shape index (κ2) is 10.9. The molecule has 1 aliphatic heterocycles. The zero-order valence-electron chi connectivity index (χ0n) is 25.7. The van der Waals surface area contributed by atoms with Crippen LogP contribution in [0.2, 0.25) is 0 Å². The number of ether oxygens (including phenoxy) is 3. The third kappa shape index (κ3) is 4.72. The van der Waals surface area contributed by atoms with Crippen LogP contribution < -0.4 is 10.4 Å². The van der Waals surface area contributed by atoms with Gasteiger partial charge in [0.05, 0.1) is 18.3 Å². The van der Waals surface area contributed by atoms with Crippen molar-refractivity contribution in [1.29, 1.82) is 0 Å². The van der Waals surface area contributed by atoms with E-state index in [2.05, 4.69) is 25.8 Å². The Balaban J connectivity index is 1.49. The van der Waals surface area contributed by atoms with Gasteiger partial charge in [0.1, 0.15) is 28.8 Å². The molecule has 3 heterocycles. The SMILES string of the molecule is CC(=O)OC[C@]1(C)C2C[C@H](OC(=O)c3ccccc3)[C@@]3(C)Oc4cc(-c5cccnc5)oc(=O)c4C(O)C3[C@@]2(C)CC[C@@H]1C. The lowest BCUT2D eigenvalue weighted by molar-refractivity contribution is -0.257. The van der Waals surface area contributed by atoms with Gasteiger partial charge in [-0.15, -0.1) is 0 Å². The fourth-order valence-electron chi connectivity index (χ4n) is 8.47. The van der Waals surface area contributed by atoms with Gasteiger partial charge in [-0.05, 0) is 67.7 Å². The average Bonchev–Trinajstić information content (AvgIpc) is 2.99. The zero-order chi connectivity index (χ0) is 31.4. The van der Waals surface area contributed by atoms with E-state index in [1.54, 1.807) is 54.9 Å². The number of hydrogen-bond acceptors (Lipinski definition) is 9. The molecule has 9 nitrogen and oxygen atoms in total. The van der Waals surface area contributed by atoms with Crippen LogP contribution in [0.4, 0.5) is 0 Å². The first-order chi connectivity index (χ1) is 20.9. The first kappa shape index (κ1) is 30.1. The number of nitrogens with zero attached hydrogens (tertiary/aromatic N) is 1. The second-order valence-electron chi connectivity index (χ2n) is 13.4. The van der Waals surface area contributed by atoms with E-state index in [-0.39, 0.29) is 41.5 Å². The van der Waals surface area contributed by atoms with Crippen LogP contribution in [0.3, 0.4) is 0 Å². The summed E-state index contributed by atoms with van der Waals surface area (Å²) in [7, 11) is 0. The lowest BCUT2D eigenvalue weighted by Crippen LogP contribution is -2.70. The molecule has 44 heavy (non-hydrogen) atoms. The van der Waals surface area contributed by atoms with Crippen LogP contribution in [-0.4, -0.2) is 40.3 Å². The first-order valence-electron chi connectivity index (χ1n) is 15.2. The predicted octanol–water partition coefficient (Wildman–Crippen LogP) is 5.75. The van der Waals surface area contributed by atoms with Gasteiger partial charge in [0.2, 0.25) is 0 Å². The van der Waals surface area contributed by atoms with Crippen LogP contribution in [0.25, 0.3) is 11.3 Å². The standard InChI is InChI=1S/C35H39NO8/c1-20-13-14-33(3)26(34(20,4)19-41-21(2)37)17-27(43-31(39)22-10-7-6-8-11-22)35(5)30(33)29(38)28-25(44-35)16-24(42-32(28)40)23-12-9-15-36-18-23/h6-12,15-16,18,20,26-27,29-30,38H,13-14,17,19H2,1-5H3/t20-,26?,27-,29?,30?,33-,34-,35+/m0/s1. The summed E-state index contributed by atoms with van der Waals surface area (Å²) in [6.07, 6.45) is 3.12. The number of esters is 2. The van der Waals surface area contributed by atoms with E-state index in [1.165, 1.54) is 6.92 Å². The van der Waals surface area contributed by atoms with Crippen LogP contribution in [-0.2, 0) is 14.3 Å². The molecule has 9 heteroatoms. The molecule has 3 aliphatic rings. The molecule has 0 bridgehead atoms. The summed E-state index contributed by atoms with van der Waals surface area (Å²) in [5.41, 5.74) is -1.92. The number of aromatic nitrogens is 1. The lowest BCUT2D eigenvalue weighted by Gasteiger charge is -2.66.